The molecule has 1 unspecified atom stereocenters. The van der Waals surface area contributed by atoms with Crippen LogP contribution in [0.1, 0.15) is 24.2 Å². The fourth-order valence-electron chi connectivity index (χ4n) is 2.63. The van der Waals surface area contributed by atoms with Gasteiger partial charge in [-0.3, -0.25) is 25.1 Å². The number of rotatable bonds is 7. The first-order chi connectivity index (χ1) is 12.6. The summed E-state index contributed by atoms with van der Waals surface area (Å²) in [7, 11) is 0. The van der Waals surface area contributed by atoms with Gasteiger partial charge in [0.25, 0.3) is 11.4 Å². The van der Waals surface area contributed by atoms with Gasteiger partial charge in [0, 0.05) is 31.8 Å². The molecule has 0 spiro atoms. The van der Waals surface area contributed by atoms with Crippen LogP contribution in [0.5, 0.6) is 0 Å². The number of benzene rings is 1. The first kappa shape index (κ1) is 20.5. The Balaban J connectivity index is 2.27. The number of carbonyl (C=O) groups is 1. The van der Waals surface area contributed by atoms with Gasteiger partial charge in [-0.2, -0.15) is 0 Å². The zero-order valence-electron chi connectivity index (χ0n) is 15.2. The van der Waals surface area contributed by atoms with E-state index < -0.39 is 32.8 Å². The second kappa shape index (κ2) is 8.23. The van der Waals surface area contributed by atoms with Crippen molar-refractivity contribution in [3.63, 3.8) is 0 Å². The van der Waals surface area contributed by atoms with Crippen LogP contribution < -0.4 is 0 Å². The van der Waals surface area contributed by atoms with Crippen LogP contribution in [0, 0.1) is 20.2 Å². The lowest BCUT2D eigenvalue weighted by atomic mass is 9.97. The van der Waals surface area contributed by atoms with Gasteiger partial charge in [-0.25, -0.2) is 4.79 Å². The van der Waals surface area contributed by atoms with Crippen LogP contribution in [0.15, 0.2) is 30.4 Å². The Labute approximate surface area is 155 Å². The van der Waals surface area contributed by atoms with E-state index in [2.05, 4.69) is 11.5 Å². The monoisotopic (exact) mass is 379 g/mol. The largest absolute Gasteiger partial charge is 0.450 e. The number of hydrogen-bond donors (Lipinski definition) is 0. The summed E-state index contributed by atoms with van der Waals surface area (Å²) in [5.74, 6) is -0.888. The van der Waals surface area contributed by atoms with Crippen LogP contribution in [0.3, 0.4) is 0 Å². The molecule has 1 aliphatic heterocycles. The van der Waals surface area contributed by atoms with E-state index in [4.69, 9.17) is 9.47 Å². The molecule has 1 heterocycles. The van der Waals surface area contributed by atoms with Crippen molar-refractivity contribution in [3.8, 4) is 0 Å². The normalized spacial score (nSPS) is 17.0. The SMILES string of the molecule is C=C(C)C(C)(CN1CCOCC1)OC(=O)c1cc([N+](=O)[O-])cc([N+](=O)[O-])c1. The second-order valence-electron chi connectivity index (χ2n) is 6.54. The molecule has 0 N–H and O–H groups in total. The average Bonchev–Trinajstić information content (AvgIpc) is 2.61. The van der Waals surface area contributed by atoms with Gasteiger partial charge in [0.2, 0.25) is 0 Å². The summed E-state index contributed by atoms with van der Waals surface area (Å²) >= 11 is 0. The van der Waals surface area contributed by atoms with Crippen molar-refractivity contribution in [1.29, 1.82) is 0 Å². The number of carbonyl (C=O) groups excluding carboxylic acids is 1. The van der Waals surface area contributed by atoms with Gasteiger partial charge < -0.3 is 9.47 Å². The number of nitro benzene ring substituents is 2. The molecule has 0 amide bonds. The second-order valence-corrected chi connectivity index (χ2v) is 6.54. The number of hydrogen-bond acceptors (Lipinski definition) is 8. The lowest BCUT2D eigenvalue weighted by molar-refractivity contribution is -0.394. The molecule has 1 aliphatic rings. The number of nitro groups is 2. The standard InChI is InChI=1S/C17H21N3O7/c1-12(2)17(3,11-18-4-6-26-7-5-18)27-16(21)13-8-14(19(22)23)10-15(9-13)20(24)25/h8-10H,1,4-7,11H2,2-3H3. The van der Waals surface area contributed by atoms with Crippen molar-refractivity contribution in [2.24, 2.45) is 0 Å². The molecule has 0 radical (unpaired) electrons. The topological polar surface area (TPSA) is 125 Å². The third-order valence-electron chi connectivity index (χ3n) is 4.41. The van der Waals surface area contributed by atoms with Gasteiger partial charge in [0.1, 0.15) is 5.60 Å². The van der Waals surface area contributed by atoms with E-state index in [0.717, 1.165) is 18.2 Å². The third kappa shape index (κ3) is 5.08. The van der Waals surface area contributed by atoms with Gasteiger partial charge in [0.15, 0.2) is 0 Å². The van der Waals surface area contributed by atoms with Crippen LogP contribution in [-0.4, -0.2) is 59.2 Å². The Bertz CT molecular complexity index is 742. The molecule has 146 valence electrons. The Morgan fingerprint density at radius 1 is 1.22 bits per heavy atom. The number of esters is 1. The molecule has 1 fully saturated rings. The van der Waals surface area contributed by atoms with Crippen molar-refractivity contribution in [2.45, 2.75) is 19.4 Å². The summed E-state index contributed by atoms with van der Waals surface area (Å²) in [4.78, 5) is 35.1. The molecule has 1 saturated heterocycles. The summed E-state index contributed by atoms with van der Waals surface area (Å²) in [6.07, 6.45) is 0. The number of non-ortho nitro benzene ring substituents is 2. The Hall–Kier alpha value is -2.85. The Kier molecular flexibility index (Phi) is 6.24. The molecule has 0 aliphatic carbocycles. The highest BCUT2D eigenvalue weighted by atomic mass is 16.6. The molecular weight excluding hydrogens is 358 g/mol. The van der Waals surface area contributed by atoms with E-state index >= 15 is 0 Å². The van der Waals surface area contributed by atoms with Crippen LogP contribution in [0.4, 0.5) is 11.4 Å². The molecule has 10 nitrogen and oxygen atoms in total. The van der Waals surface area contributed by atoms with Crippen LogP contribution in [0.2, 0.25) is 0 Å². The average molecular weight is 379 g/mol. The van der Waals surface area contributed by atoms with E-state index in [9.17, 15) is 25.0 Å². The minimum absolute atomic E-state index is 0.259. The number of ether oxygens (including phenoxy) is 2. The first-order valence-corrected chi connectivity index (χ1v) is 8.26. The zero-order valence-corrected chi connectivity index (χ0v) is 15.2. The van der Waals surface area contributed by atoms with Crippen LogP contribution in [0.25, 0.3) is 0 Å². The lowest BCUT2D eigenvalue weighted by Crippen LogP contribution is -2.48. The van der Waals surface area contributed by atoms with Gasteiger partial charge in [-0.1, -0.05) is 6.58 Å². The van der Waals surface area contributed by atoms with Crippen molar-refractivity contribution in [3.05, 3.63) is 56.1 Å². The Morgan fingerprint density at radius 3 is 2.19 bits per heavy atom. The fraction of sp³-hybridized carbons (Fsp3) is 0.471. The van der Waals surface area contributed by atoms with E-state index in [1.54, 1.807) is 13.8 Å². The smallest absolute Gasteiger partial charge is 0.339 e. The Morgan fingerprint density at radius 2 is 1.74 bits per heavy atom. The van der Waals surface area contributed by atoms with Gasteiger partial charge in [-0.05, 0) is 19.4 Å². The predicted molar refractivity (Wildman–Crippen MR) is 95.6 cm³/mol. The molecule has 2 rings (SSSR count). The minimum Gasteiger partial charge on any atom is -0.450 e. The van der Waals surface area contributed by atoms with Crippen molar-refractivity contribution in [2.75, 3.05) is 32.8 Å². The zero-order chi connectivity index (χ0) is 20.2. The highest BCUT2D eigenvalue weighted by molar-refractivity contribution is 5.91. The molecule has 1 aromatic carbocycles. The summed E-state index contributed by atoms with van der Waals surface area (Å²) in [5.41, 5.74) is -1.84. The van der Waals surface area contributed by atoms with Crippen LogP contribution >= 0.6 is 0 Å². The summed E-state index contributed by atoms with van der Waals surface area (Å²) in [5, 5.41) is 22.0. The fourth-order valence-corrected chi connectivity index (χ4v) is 2.63. The minimum atomic E-state index is -1.06. The van der Waals surface area contributed by atoms with Gasteiger partial charge in [0.05, 0.1) is 34.7 Å². The first-order valence-electron chi connectivity index (χ1n) is 8.26. The highest BCUT2D eigenvalue weighted by Gasteiger charge is 2.34. The van der Waals surface area contributed by atoms with Crippen molar-refractivity contribution in [1.82, 2.24) is 4.90 Å². The molecule has 27 heavy (non-hydrogen) atoms. The molecular formula is C17H21N3O7. The van der Waals surface area contributed by atoms with Gasteiger partial charge >= 0.3 is 5.97 Å². The van der Waals surface area contributed by atoms with E-state index in [0.29, 0.717) is 38.4 Å². The summed E-state index contributed by atoms with van der Waals surface area (Å²) in [6, 6.07) is 2.72. The van der Waals surface area contributed by atoms with Crippen molar-refractivity contribution < 1.29 is 24.1 Å². The van der Waals surface area contributed by atoms with Crippen LogP contribution in [-0.2, 0) is 9.47 Å². The summed E-state index contributed by atoms with van der Waals surface area (Å²) in [6.45, 7) is 10.1. The van der Waals surface area contributed by atoms with Crippen molar-refractivity contribution >= 4 is 17.3 Å². The molecule has 1 atom stereocenters. The maximum Gasteiger partial charge on any atom is 0.339 e. The molecule has 0 bridgehead atoms. The third-order valence-corrected chi connectivity index (χ3v) is 4.41. The maximum atomic E-state index is 12.6. The quantitative estimate of drug-likeness (QED) is 0.306. The molecule has 0 aromatic heterocycles. The van der Waals surface area contributed by atoms with Gasteiger partial charge in [-0.15, -0.1) is 0 Å². The van der Waals surface area contributed by atoms with E-state index in [-0.39, 0.29) is 5.56 Å². The molecule has 10 heteroatoms. The van der Waals surface area contributed by atoms with E-state index in [1.807, 2.05) is 0 Å². The molecule has 1 aromatic rings. The van der Waals surface area contributed by atoms with E-state index in [1.165, 1.54) is 0 Å². The molecule has 0 saturated carbocycles. The maximum absolute atomic E-state index is 12.6. The number of morpholine rings is 1. The number of nitrogens with zero attached hydrogens (tertiary/aromatic N) is 3. The lowest BCUT2D eigenvalue weighted by Gasteiger charge is -2.37. The highest BCUT2D eigenvalue weighted by Crippen LogP contribution is 2.27. The summed E-state index contributed by atoms with van der Waals surface area (Å²) < 4.78 is 10.9. The predicted octanol–water partition coefficient (Wildman–Crippen LogP) is 2.33.